The Morgan fingerprint density at radius 1 is 0.833 bits per heavy atom. The largest absolute Gasteiger partial charge is 0.322 e. The number of aromatic nitrogens is 1. The van der Waals surface area contributed by atoms with E-state index in [2.05, 4.69) is 10.3 Å². The van der Waals surface area contributed by atoms with Crippen molar-refractivity contribution in [3.63, 3.8) is 0 Å². The molecule has 2 aromatic carbocycles. The van der Waals surface area contributed by atoms with Gasteiger partial charge in [0.2, 0.25) is 0 Å². The van der Waals surface area contributed by atoms with E-state index in [1.54, 1.807) is 73.1 Å². The molecule has 0 aliphatic rings. The Morgan fingerprint density at radius 2 is 1.54 bits per heavy atom. The van der Waals surface area contributed by atoms with Gasteiger partial charge in [0.15, 0.2) is 5.78 Å². The molecule has 1 heterocycles. The topological polar surface area (TPSA) is 59.1 Å². The molecule has 3 rings (SSSR count). The van der Waals surface area contributed by atoms with E-state index in [0.717, 1.165) is 0 Å². The van der Waals surface area contributed by atoms with Gasteiger partial charge < -0.3 is 5.32 Å². The first-order valence-corrected chi connectivity index (χ1v) is 7.63. The Morgan fingerprint density at radius 3 is 2.25 bits per heavy atom. The summed E-state index contributed by atoms with van der Waals surface area (Å²) in [5.74, 6) is -0.389. The molecule has 0 atom stereocenters. The van der Waals surface area contributed by atoms with Gasteiger partial charge in [-0.15, -0.1) is 0 Å². The van der Waals surface area contributed by atoms with Crippen LogP contribution in [0.2, 0.25) is 5.02 Å². The molecular formula is C19H13ClN2O2. The second kappa shape index (κ2) is 7.06. The minimum Gasteiger partial charge on any atom is -0.322 e. The quantitative estimate of drug-likeness (QED) is 0.726. The lowest BCUT2D eigenvalue weighted by Gasteiger charge is -2.07. The first-order chi connectivity index (χ1) is 11.6. The SMILES string of the molecule is O=C(Nc1cccc(C(=O)c2ccc(Cl)cc2)c1)c1ccncc1. The van der Waals surface area contributed by atoms with Gasteiger partial charge >= 0.3 is 0 Å². The maximum atomic E-state index is 12.5. The Balaban J connectivity index is 1.80. The van der Waals surface area contributed by atoms with Gasteiger partial charge in [-0.2, -0.15) is 0 Å². The Labute approximate surface area is 144 Å². The van der Waals surface area contributed by atoms with E-state index < -0.39 is 0 Å². The maximum Gasteiger partial charge on any atom is 0.255 e. The number of nitrogens with zero attached hydrogens (tertiary/aromatic N) is 1. The molecule has 0 fully saturated rings. The van der Waals surface area contributed by atoms with Crippen LogP contribution >= 0.6 is 11.6 Å². The third-order valence-corrected chi connectivity index (χ3v) is 3.68. The number of hydrogen-bond donors (Lipinski definition) is 1. The summed E-state index contributed by atoms with van der Waals surface area (Å²) >= 11 is 5.84. The summed E-state index contributed by atoms with van der Waals surface area (Å²) in [6, 6.07) is 16.8. The van der Waals surface area contributed by atoms with E-state index in [-0.39, 0.29) is 11.7 Å². The lowest BCUT2D eigenvalue weighted by molar-refractivity contribution is 0.102. The van der Waals surface area contributed by atoms with Gasteiger partial charge in [0, 0.05) is 39.8 Å². The highest BCUT2D eigenvalue weighted by Gasteiger charge is 2.11. The highest BCUT2D eigenvalue weighted by molar-refractivity contribution is 6.30. The second-order valence-electron chi connectivity index (χ2n) is 5.11. The Bertz CT molecular complexity index is 877. The summed E-state index contributed by atoms with van der Waals surface area (Å²) in [5, 5.41) is 3.35. The molecule has 118 valence electrons. The van der Waals surface area contributed by atoms with Crippen molar-refractivity contribution in [3.05, 3.63) is 94.8 Å². The number of hydrogen-bond acceptors (Lipinski definition) is 3. The van der Waals surface area contributed by atoms with Crippen LogP contribution in [0.15, 0.2) is 73.1 Å². The average Bonchev–Trinajstić information content (AvgIpc) is 2.63. The standard InChI is InChI=1S/C19H13ClN2O2/c20-16-6-4-13(5-7-16)18(23)15-2-1-3-17(12-15)22-19(24)14-8-10-21-11-9-14/h1-12H,(H,22,24). The number of anilines is 1. The molecule has 1 N–H and O–H groups in total. The van der Waals surface area contributed by atoms with Crippen LogP contribution in [0.4, 0.5) is 5.69 Å². The highest BCUT2D eigenvalue weighted by Crippen LogP contribution is 2.17. The van der Waals surface area contributed by atoms with Crippen molar-refractivity contribution in [2.45, 2.75) is 0 Å². The number of halogens is 1. The zero-order valence-corrected chi connectivity index (χ0v) is 13.3. The smallest absolute Gasteiger partial charge is 0.255 e. The fraction of sp³-hybridized carbons (Fsp3) is 0. The Kier molecular flexibility index (Phi) is 4.68. The number of nitrogens with one attached hydrogen (secondary N) is 1. The summed E-state index contributed by atoms with van der Waals surface area (Å²) in [4.78, 5) is 28.5. The predicted molar refractivity (Wildman–Crippen MR) is 93.5 cm³/mol. The molecule has 0 radical (unpaired) electrons. The van der Waals surface area contributed by atoms with Crippen molar-refractivity contribution in [2.24, 2.45) is 0 Å². The molecule has 1 amide bonds. The zero-order chi connectivity index (χ0) is 16.9. The number of benzene rings is 2. The van der Waals surface area contributed by atoms with Crippen molar-refractivity contribution < 1.29 is 9.59 Å². The summed E-state index contributed by atoms with van der Waals surface area (Å²) in [6.45, 7) is 0. The van der Waals surface area contributed by atoms with Gasteiger partial charge in [0.05, 0.1) is 0 Å². The molecule has 5 heteroatoms. The molecule has 0 saturated carbocycles. The molecule has 0 aliphatic heterocycles. The number of carbonyl (C=O) groups excluding carboxylic acids is 2. The van der Waals surface area contributed by atoms with Crippen LogP contribution in [0.25, 0.3) is 0 Å². The van der Waals surface area contributed by atoms with Gasteiger partial charge in [0.1, 0.15) is 0 Å². The molecule has 24 heavy (non-hydrogen) atoms. The molecular weight excluding hydrogens is 324 g/mol. The zero-order valence-electron chi connectivity index (χ0n) is 12.6. The molecule has 0 unspecified atom stereocenters. The van der Waals surface area contributed by atoms with E-state index in [1.165, 1.54) is 0 Å². The fourth-order valence-corrected chi connectivity index (χ4v) is 2.34. The molecule has 4 nitrogen and oxygen atoms in total. The summed E-state index contributed by atoms with van der Waals surface area (Å²) in [5.41, 5.74) is 2.08. The number of amides is 1. The van der Waals surface area contributed by atoms with Crippen molar-refractivity contribution in [2.75, 3.05) is 5.32 Å². The normalized spacial score (nSPS) is 10.2. The molecule has 3 aromatic rings. The van der Waals surface area contributed by atoms with Gasteiger partial charge in [-0.3, -0.25) is 14.6 Å². The first kappa shape index (κ1) is 15.9. The van der Waals surface area contributed by atoms with Crippen LogP contribution in [-0.2, 0) is 0 Å². The lowest BCUT2D eigenvalue weighted by atomic mass is 10.0. The van der Waals surface area contributed by atoms with E-state index in [0.29, 0.717) is 27.4 Å². The second-order valence-corrected chi connectivity index (χ2v) is 5.54. The summed E-state index contributed by atoms with van der Waals surface area (Å²) in [7, 11) is 0. The number of ketones is 1. The monoisotopic (exact) mass is 336 g/mol. The first-order valence-electron chi connectivity index (χ1n) is 7.25. The summed E-state index contributed by atoms with van der Waals surface area (Å²) < 4.78 is 0. The molecule has 1 aromatic heterocycles. The molecule has 0 bridgehead atoms. The Hall–Kier alpha value is -2.98. The molecule has 0 saturated heterocycles. The maximum absolute atomic E-state index is 12.5. The van der Waals surface area contributed by atoms with Crippen molar-refractivity contribution in [3.8, 4) is 0 Å². The van der Waals surface area contributed by atoms with Crippen LogP contribution in [0.1, 0.15) is 26.3 Å². The van der Waals surface area contributed by atoms with Gasteiger partial charge in [-0.05, 0) is 48.5 Å². The van der Waals surface area contributed by atoms with Crippen LogP contribution in [-0.4, -0.2) is 16.7 Å². The minimum atomic E-state index is -0.256. The van der Waals surface area contributed by atoms with Crippen molar-refractivity contribution in [1.82, 2.24) is 4.98 Å². The number of pyridine rings is 1. The number of carbonyl (C=O) groups is 2. The summed E-state index contributed by atoms with van der Waals surface area (Å²) in [6.07, 6.45) is 3.10. The van der Waals surface area contributed by atoms with Crippen LogP contribution in [0, 0.1) is 0 Å². The van der Waals surface area contributed by atoms with Crippen LogP contribution in [0.5, 0.6) is 0 Å². The minimum absolute atomic E-state index is 0.133. The average molecular weight is 337 g/mol. The third-order valence-electron chi connectivity index (χ3n) is 3.43. The molecule has 0 spiro atoms. The predicted octanol–water partition coefficient (Wildman–Crippen LogP) is 4.22. The van der Waals surface area contributed by atoms with Crippen molar-refractivity contribution in [1.29, 1.82) is 0 Å². The highest BCUT2D eigenvalue weighted by atomic mass is 35.5. The van der Waals surface area contributed by atoms with Gasteiger partial charge in [-0.1, -0.05) is 23.7 Å². The molecule has 0 aliphatic carbocycles. The van der Waals surface area contributed by atoms with E-state index in [1.807, 2.05) is 0 Å². The van der Waals surface area contributed by atoms with Crippen LogP contribution < -0.4 is 5.32 Å². The van der Waals surface area contributed by atoms with E-state index in [9.17, 15) is 9.59 Å². The fourth-order valence-electron chi connectivity index (χ4n) is 2.21. The number of rotatable bonds is 4. The van der Waals surface area contributed by atoms with Crippen molar-refractivity contribution >= 4 is 29.0 Å². The van der Waals surface area contributed by atoms with E-state index in [4.69, 9.17) is 11.6 Å². The van der Waals surface area contributed by atoms with Gasteiger partial charge in [0.25, 0.3) is 5.91 Å². The van der Waals surface area contributed by atoms with Gasteiger partial charge in [-0.25, -0.2) is 0 Å². The van der Waals surface area contributed by atoms with E-state index >= 15 is 0 Å². The lowest BCUT2D eigenvalue weighted by Crippen LogP contribution is -2.12. The third kappa shape index (κ3) is 3.67. The van der Waals surface area contributed by atoms with Crippen LogP contribution in [0.3, 0.4) is 0 Å².